The summed E-state index contributed by atoms with van der Waals surface area (Å²) in [5.74, 6) is 2.17. The highest BCUT2D eigenvalue weighted by Crippen LogP contribution is 2.05. The van der Waals surface area contributed by atoms with Gasteiger partial charge in [0, 0.05) is 37.7 Å². The Bertz CT molecular complexity index is 229. The molecule has 1 saturated heterocycles. The molecule has 0 aromatic rings. The van der Waals surface area contributed by atoms with Crippen molar-refractivity contribution in [3.8, 4) is 12.1 Å². The van der Waals surface area contributed by atoms with Gasteiger partial charge in [-0.05, 0) is 0 Å². The number of hydrogen-bond acceptors (Lipinski definition) is 5. The molecule has 0 radical (unpaired) electrons. The molecule has 1 heterocycles. The van der Waals surface area contributed by atoms with Crippen molar-refractivity contribution in [1.82, 2.24) is 9.80 Å². The predicted molar refractivity (Wildman–Crippen MR) is 61.4 cm³/mol. The first kappa shape index (κ1) is 12.3. The minimum absolute atomic E-state index is 0.501. The third-order valence-corrected chi connectivity index (χ3v) is 3.37. The lowest BCUT2D eigenvalue weighted by Crippen LogP contribution is -2.36. The van der Waals surface area contributed by atoms with E-state index in [0.717, 1.165) is 37.7 Å². The fraction of sp³-hybridized carbons (Fsp3) is 0.800. The van der Waals surface area contributed by atoms with Gasteiger partial charge in [0.15, 0.2) is 0 Å². The second-order valence-corrected chi connectivity index (χ2v) is 4.71. The van der Waals surface area contributed by atoms with Crippen LogP contribution >= 0.6 is 11.8 Å². The summed E-state index contributed by atoms with van der Waals surface area (Å²) in [5.41, 5.74) is 0. The Hall–Kier alpha value is -0.750. The summed E-state index contributed by atoms with van der Waals surface area (Å²) in [4.78, 5) is 4.31. The van der Waals surface area contributed by atoms with Crippen molar-refractivity contribution in [3.05, 3.63) is 0 Å². The van der Waals surface area contributed by atoms with Crippen LogP contribution in [0.1, 0.15) is 0 Å². The third kappa shape index (κ3) is 5.03. The van der Waals surface area contributed by atoms with Crippen molar-refractivity contribution in [2.24, 2.45) is 0 Å². The average Bonchev–Trinajstić information content (AvgIpc) is 2.33. The minimum atomic E-state index is 0.501. The molecule has 0 aromatic heterocycles. The summed E-state index contributed by atoms with van der Waals surface area (Å²) < 4.78 is 0. The van der Waals surface area contributed by atoms with Crippen molar-refractivity contribution < 1.29 is 0 Å². The minimum Gasteiger partial charge on any atom is -0.288 e. The summed E-state index contributed by atoms with van der Waals surface area (Å²) in [6.07, 6.45) is 0. The maximum absolute atomic E-state index is 8.66. The Morgan fingerprint density at radius 3 is 1.73 bits per heavy atom. The highest BCUT2D eigenvalue weighted by Gasteiger charge is 2.11. The van der Waals surface area contributed by atoms with Crippen molar-refractivity contribution in [1.29, 1.82) is 10.5 Å². The summed E-state index contributed by atoms with van der Waals surface area (Å²) in [6.45, 7) is 4.77. The normalized spacial score (nSPS) is 20.7. The quantitative estimate of drug-likeness (QED) is 0.635. The number of nitrogens with zero attached hydrogens (tertiary/aromatic N) is 4. The molecule has 0 saturated carbocycles. The van der Waals surface area contributed by atoms with Gasteiger partial charge in [-0.25, -0.2) is 0 Å². The van der Waals surface area contributed by atoms with Gasteiger partial charge in [0.05, 0.1) is 25.2 Å². The molecule has 1 aliphatic heterocycles. The largest absolute Gasteiger partial charge is 0.288 e. The zero-order valence-electron chi connectivity index (χ0n) is 8.85. The van der Waals surface area contributed by atoms with Crippen LogP contribution < -0.4 is 0 Å². The molecule has 0 amide bonds. The molecule has 0 spiro atoms. The second kappa shape index (κ2) is 7.53. The van der Waals surface area contributed by atoms with Gasteiger partial charge < -0.3 is 0 Å². The van der Waals surface area contributed by atoms with E-state index in [4.69, 9.17) is 10.5 Å². The first-order chi connectivity index (χ1) is 7.36. The van der Waals surface area contributed by atoms with Crippen LogP contribution in [0.3, 0.4) is 0 Å². The lowest BCUT2D eigenvalue weighted by Gasteiger charge is -2.21. The van der Waals surface area contributed by atoms with Gasteiger partial charge in [-0.3, -0.25) is 9.80 Å². The van der Waals surface area contributed by atoms with E-state index >= 15 is 0 Å². The van der Waals surface area contributed by atoms with E-state index in [0.29, 0.717) is 13.1 Å². The summed E-state index contributed by atoms with van der Waals surface area (Å²) in [5, 5.41) is 17.3. The van der Waals surface area contributed by atoms with Crippen LogP contribution in [0.5, 0.6) is 0 Å². The second-order valence-electron chi connectivity index (χ2n) is 3.48. The number of nitriles is 2. The number of thioether (sulfide) groups is 1. The summed E-state index contributed by atoms with van der Waals surface area (Å²) in [6, 6.07) is 4.37. The van der Waals surface area contributed by atoms with Crippen molar-refractivity contribution in [3.63, 3.8) is 0 Å². The molecule has 1 aliphatic rings. The van der Waals surface area contributed by atoms with Gasteiger partial charge in [0.1, 0.15) is 0 Å². The Kier molecular flexibility index (Phi) is 6.18. The molecule has 15 heavy (non-hydrogen) atoms. The summed E-state index contributed by atoms with van der Waals surface area (Å²) >= 11 is 1.90. The fourth-order valence-corrected chi connectivity index (χ4v) is 2.49. The Morgan fingerprint density at radius 1 is 0.867 bits per heavy atom. The van der Waals surface area contributed by atoms with Gasteiger partial charge in [0.25, 0.3) is 0 Å². The fourth-order valence-electron chi connectivity index (χ4n) is 1.51. The maximum Gasteiger partial charge on any atom is 0.0866 e. The zero-order chi connectivity index (χ0) is 10.9. The van der Waals surface area contributed by atoms with Gasteiger partial charge in [-0.15, -0.1) is 0 Å². The SMILES string of the molecule is N#CCN1CCSCCN(CC#N)CC1. The van der Waals surface area contributed by atoms with E-state index in [9.17, 15) is 0 Å². The molecule has 0 unspecified atom stereocenters. The van der Waals surface area contributed by atoms with E-state index in [-0.39, 0.29) is 0 Å². The van der Waals surface area contributed by atoms with Gasteiger partial charge >= 0.3 is 0 Å². The van der Waals surface area contributed by atoms with E-state index < -0.39 is 0 Å². The molecule has 0 atom stereocenters. The van der Waals surface area contributed by atoms with E-state index in [1.165, 1.54) is 0 Å². The van der Waals surface area contributed by atoms with Crippen LogP contribution in [0.2, 0.25) is 0 Å². The third-order valence-electron chi connectivity index (χ3n) is 2.42. The van der Waals surface area contributed by atoms with Crippen LogP contribution in [-0.2, 0) is 0 Å². The molecule has 4 nitrogen and oxygen atoms in total. The van der Waals surface area contributed by atoms with E-state index in [1.54, 1.807) is 0 Å². The zero-order valence-corrected chi connectivity index (χ0v) is 9.67. The van der Waals surface area contributed by atoms with Crippen LogP contribution in [0.15, 0.2) is 0 Å². The molecule has 0 aromatic carbocycles. The number of hydrogen-bond donors (Lipinski definition) is 0. The first-order valence-corrected chi connectivity index (χ1v) is 6.28. The van der Waals surface area contributed by atoms with Gasteiger partial charge in [-0.1, -0.05) is 0 Å². The molecular formula is C10H16N4S. The average molecular weight is 224 g/mol. The van der Waals surface area contributed by atoms with E-state index in [1.807, 2.05) is 11.8 Å². The van der Waals surface area contributed by atoms with Crippen LogP contribution in [0.25, 0.3) is 0 Å². The lowest BCUT2D eigenvalue weighted by molar-refractivity contribution is 0.249. The van der Waals surface area contributed by atoms with Crippen LogP contribution in [0.4, 0.5) is 0 Å². The van der Waals surface area contributed by atoms with Crippen molar-refractivity contribution in [2.45, 2.75) is 0 Å². The van der Waals surface area contributed by atoms with Crippen molar-refractivity contribution >= 4 is 11.8 Å². The molecule has 82 valence electrons. The molecule has 5 heteroatoms. The molecular weight excluding hydrogens is 208 g/mol. The molecule has 1 rings (SSSR count). The highest BCUT2D eigenvalue weighted by molar-refractivity contribution is 7.99. The highest BCUT2D eigenvalue weighted by atomic mass is 32.2. The van der Waals surface area contributed by atoms with Gasteiger partial charge in [0.2, 0.25) is 0 Å². The standard InChI is InChI=1S/C10H16N4S/c11-1-3-13-5-6-14(4-2-12)8-10-15-9-7-13/h3-10H2. The Balaban J connectivity index is 2.41. The Morgan fingerprint density at radius 2 is 1.33 bits per heavy atom. The van der Waals surface area contributed by atoms with Gasteiger partial charge in [-0.2, -0.15) is 22.3 Å². The molecule has 1 fully saturated rings. The molecule has 0 N–H and O–H groups in total. The topological polar surface area (TPSA) is 54.1 Å². The van der Waals surface area contributed by atoms with E-state index in [2.05, 4.69) is 21.9 Å². The first-order valence-electron chi connectivity index (χ1n) is 5.13. The van der Waals surface area contributed by atoms with Crippen molar-refractivity contribution in [2.75, 3.05) is 50.8 Å². The molecule has 0 aliphatic carbocycles. The summed E-state index contributed by atoms with van der Waals surface area (Å²) in [7, 11) is 0. The lowest BCUT2D eigenvalue weighted by atomic mass is 10.4. The Labute approximate surface area is 95.4 Å². The van der Waals surface area contributed by atoms with Crippen LogP contribution in [0, 0.1) is 22.7 Å². The monoisotopic (exact) mass is 224 g/mol. The molecule has 0 bridgehead atoms. The number of rotatable bonds is 2. The smallest absolute Gasteiger partial charge is 0.0866 e. The maximum atomic E-state index is 8.66. The predicted octanol–water partition coefficient (Wildman–Crippen LogP) is 0.384. The van der Waals surface area contributed by atoms with Crippen LogP contribution in [-0.4, -0.2) is 60.6 Å².